The van der Waals surface area contributed by atoms with Gasteiger partial charge in [-0.2, -0.15) is 0 Å². The second kappa shape index (κ2) is 6.79. The fourth-order valence-corrected chi connectivity index (χ4v) is 2.76. The lowest BCUT2D eigenvalue weighted by molar-refractivity contribution is 0.0945. The molecule has 2 aromatic heterocycles. The Morgan fingerprint density at radius 2 is 1.96 bits per heavy atom. The number of thiazole rings is 1. The van der Waals surface area contributed by atoms with Crippen LogP contribution in [0.1, 0.15) is 16.1 Å². The van der Waals surface area contributed by atoms with E-state index in [2.05, 4.69) is 15.3 Å². The number of hydrogen-bond donors (Lipinski definition) is 1. The summed E-state index contributed by atoms with van der Waals surface area (Å²) >= 11 is 1.35. The first kappa shape index (κ1) is 16.1. The lowest BCUT2D eigenvalue weighted by Crippen LogP contribution is -2.24. The minimum absolute atomic E-state index is 0.0284. The third-order valence-electron chi connectivity index (χ3n) is 3.15. The van der Waals surface area contributed by atoms with Gasteiger partial charge in [0.1, 0.15) is 5.01 Å². The Hall–Kier alpha value is -2.74. The van der Waals surface area contributed by atoms with Gasteiger partial charge in [-0.1, -0.05) is 6.07 Å². The summed E-state index contributed by atoms with van der Waals surface area (Å²) in [5.74, 6) is -5.38. The van der Waals surface area contributed by atoms with Crippen molar-refractivity contribution < 1.29 is 18.0 Å². The average molecular weight is 349 g/mol. The molecule has 24 heavy (non-hydrogen) atoms. The predicted molar refractivity (Wildman–Crippen MR) is 82.8 cm³/mol. The molecule has 0 aliphatic heterocycles. The van der Waals surface area contributed by atoms with Gasteiger partial charge in [0.25, 0.3) is 5.91 Å². The molecule has 1 amide bonds. The topological polar surface area (TPSA) is 54.9 Å². The minimum Gasteiger partial charge on any atom is -0.346 e. The van der Waals surface area contributed by atoms with Crippen LogP contribution >= 0.6 is 11.3 Å². The normalized spacial score (nSPS) is 10.6. The summed E-state index contributed by atoms with van der Waals surface area (Å²) in [6.07, 6.45) is 1.64. The minimum atomic E-state index is -1.67. The average Bonchev–Trinajstić information content (AvgIpc) is 3.07. The Labute approximate surface area is 139 Å². The molecule has 0 fully saturated rings. The first-order chi connectivity index (χ1) is 11.6. The Kier molecular flexibility index (Phi) is 4.57. The molecule has 0 saturated carbocycles. The SMILES string of the molecule is O=C(NCc1csc(-c2ccccn2)n1)c1ccc(F)c(F)c1F. The van der Waals surface area contributed by atoms with E-state index in [0.717, 1.165) is 6.07 Å². The highest BCUT2D eigenvalue weighted by atomic mass is 32.1. The van der Waals surface area contributed by atoms with E-state index in [1.165, 1.54) is 11.3 Å². The molecule has 0 bridgehead atoms. The van der Waals surface area contributed by atoms with E-state index in [4.69, 9.17) is 0 Å². The molecule has 4 nitrogen and oxygen atoms in total. The van der Waals surface area contributed by atoms with Crippen LogP contribution < -0.4 is 5.32 Å². The van der Waals surface area contributed by atoms with Gasteiger partial charge in [-0.15, -0.1) is 11.3 Å². The van der Waals surface area contributed by atoms with E-state index in [1.54, 1.807) is 23.7 Å². The number of nitrogens with zero attached hydrogens (tertiary/aromatic N) is 2. The number of carbonyl (C=O) groups is 1. The molecule has 0 spiro atoms. The molecule has 1 N–H and O–H groups in total. The summed E-state index contributed by atoms with van der Waals surface area (Å²) < 4.78 is 39.6. The van der Waals surface area contributed by atoms with E-state index in [9.17, 15) is 18.0 Å². The van der Waals surface area contributed by atoms with E-state index in [0.29, 0.717) is 22.5 Å². The molecule has 0 aliphatic carbocycles. The number of amides is 1. The van der Waals surface area contributed by atoms with Gasteiger partial charge in [0.05, 0.1) is 23.5 Å². The number of halogens is 3. The summed E-state index contributed by atoms with van der Waals surface area (Å²) in [5, 5.41) is 4.83. The van der Waals surface area contributed by atoms with Crippen molar-refractivity contribution in [2.45, 2.75) is 6.54 Å². The van der Waals surface area contributed by atoms with Gasteiger partial charge in [0, 0.05) is 11.6 Å². The number of benzene rings is 1. The van der Waals surface area contributed by atoms with Crippen molar-refractivity contribution in [1.29, 1.82) is 0 Å². The van der Waals surface area contributed by atoms with Crippen LogP contribution in [0.3, 0.4) is 0 Å². The largest absolute Gasteiger partial charge is 0.346 e. The molecule has 3 aromatic rings. The molecule has 0 saturated heterocycles. The Bertz CT molecular complexity index is 884. The summed E-state index contributed by atoms with van der Waals surface area (Å²) in [6.45, 7) is 0.0284. The summed E-state index contributed by atoms with van der Waals surface area (Å²) in [5.41, 5.74) is 0.692. The van der Waals surface area contributed by atoms with Crippen molar-refractivity contribution in [3.8, 4) is 10.7 Å². The molecule has 0 aliphatic rings. The first-order valence-electron chi connectivity index (χ1n) is 6.84. The highest BCUT2D eigenvalue weighted by Gasteiger charge is 2.18. The summed E-state index contributed by atoms with van der Waals surface area (Å²) in [6, 6.07) is 7.02. The second-order valence-electron chi connectivity index (χ2n) is 4.76. The number of pyridine rings is 1. The maximum atomic E-state index is 13.6. The fraction of sp³-hybridized carbons (Fsp3) is 0.0625. The van der Waals surface area contributed by atoms with Crippen LogP contribution in [0.4, 0.5) is 13.2 Å². The van der Waals surface area contributed by atoms with Crippen molar-refractivity contribution in [2.75, 3.05) is 0 Å². The van der Waals surface area contributed by atoms with Crippen LogP contribution in [0.25, 0.3) is 10.7 Å². The van der Waals surface area contributed by atoms with E-state index >= 15 is 0 Å². The number of carbonyl (C=O) groups excluding carboxylic acids is 1. The van der Waals surface area contributed by atoms with Gasteiger partial charge in [-0.25, -0.2) is 18.2 Å². The lowest BCUT2D eigenvalue weighted by Gasteiger charge is -2.05. The highest BCUT2D eigenvalue weighted by molar-refractivity contribution is 7.13. The highest BCUT2D eigenvalue weighted by Crippen LogP contribution is 2.21. The maximum Gasteiger partial charge on any atom is 0.254 e. The van der Waals surface area contributed by atoms with Crippen molar-refractivity contribution in [2.24, 2.45) is 0 Å². The van der Waals surface area contributed by atoms with Crippen molar-refractivity contribution in [1.82, 2.24) is 15.3 Å². The molecule has 1 aromatic carbocycles. The van der Waals surface area contributed by atoms with Crippen LogP contribution in [-0.4, -0.2) is 15.9 Å². The van der Waals surface area contributed by atoms with Crippen LogP contribution in [0.15, 0.2) is 41.9 Å². The van der Waals surface area contributed by atoms with Gasteiger partial charge in [0.2, 0.25) is 0 Å². The third kappa shape index (κ3) is 3.28. The molecular formula is C16H10F3N3OS. The zero-order valence-electron chi connectivity index (χ0n) is 12.1. The van der Waals surface area contributed by atoms with Crippen LogP contribution in [0.2, 0.25) is 0 Å². The third-order valence-corrected chi connectivity index (χ3v) is 4.06. The van der Waals surface area contributed by atoms with Crippen LogP contribution in [-0.2, 0) is 6.54 Å². The Morgan fingerprint density at radius 1 is 1.12 bits per heavy atom. The first-order valence-corrected chi connectivity index (χ1v) is 7.71. The number of nitrogens with one attached hydrogen (secondary N) is 1. The van der Waals surface area contributed by atoms with Gasteiger partial charge in [-0.3, -0.25) is 9.78 Å². The van der Waals surface area contributed by atoms with Crippen molar-refractivity contribution >= 4 is 17.2 Å². The van der Waals surface area contributed by atoms with Crippen LogP contribution in [0, 0.1) is 17.5 Å². The Balaban J connectivity index is 1.69. The molecule has 122 valence electrons. The zero-order valence-corrected chi connectivity index (χ0v) is 12.9. The second-order valence-corrected chi connectivity index (χ2v) is 5.62. The van der Waals surface area contributed by atoms with Gasteiger partial charge < -0.3 is 5.32 Å². The molecule has 0 radical (unpaired) electrons. The molecule has 0 unspecified atom stereocenters. The monoisotopic (exact) mass is 349 g/mol. The van der Waals surface area contributed by atoms with E-state index < -0.39 is 28.9 Å². The standard InChI is InChI=1S/C16H10F3N3OS/c17-11-5-4-10(13(18)14(11)19)15(23)21-7-9-8-24-16(22-9)12-3-1-2-6-20-12/h1-6,8H,7H2,(H,21,23). The maximum absolute atomic E-state index is 13.6. The quantitative estimate of drug-likeness (QED) is 0.733. The lowest BCUT2D eigenvalue weighted by atomic mass is 10.2. The number of rotatable bonds is 4. The molecule has 8 heteroatoms. The zero-order chi connectivity index (χ0) is 17.1. The molecular weight excluding hydrogens is 339 g/mol. The van der Waals surface area contributed by atoms with Crippen molar-refractivity contribution in [3.63, 3.8) is 0 Å². The Morgan fingerprint density at radius 3 is 2.71 bits per heavy atom. The summed E-state index contributed by atoms with van der Waals surface area (Å²) in [7, 11) is 0. The molecule has 3 rings (SSSR count). The smallest absolute Gasteiger partial charge is 0.254 e. The van der Waals surface area contributed by atoms with E-state index in [1.807, 2.05) is 6.07 Å². The van der Waals surface area contributed by atoms with Gasteiger partial charge in [0.15, 0.2) is 17.5 Å². The van der Waals surface area contributed by atoms with Crippen molar-refractivity contribution in [3.05, 3.63) is 70.6 Å². The predicted octanol–water partition coefficient (Wildman–Crippen LogP) is 3.55. The molecule has 0 atom stereocenters. The summed E-state index contributed by atoms with van der Waals surface area (Å²) in [4.78, 5) is 20.4. The fourth-order valence-electron chi connectivity index (χ4n) is 1.96. The van der Waals surface area contributed by atoms with Gasteiger partial charge >= 0.3 is 0 Å². The van der Waals surface area contributed by atoms with E-state index in [-0.39, 0.29) is 6.54 Å². The number of aromatic nitrogens is 2. The van der Waals surface area contributed by atoms with Crippen LogP contribution in [0.5, 0.6) is 0 Å². The molecule has 2 heterocycles. The number of hydrogen-bond acceptors (Lipinski definition) is 4. The van der Waals surface area contributed by atoms with Gasteiger partial charge in [-0.05, 0) is 24.3 Å².